The summed E-state index contributed by atoms with van der Waals surface area (Å²) in [5.74, 6) is -0.292. The van der Waals surface area contributed by atoms with E-state index in [9.17, 15) is 14.4 Å². The second kappa shape index (κ2) is 8.12. The van der Waals surface area contributed by atoms with Crippen LogP contribution in [-0.2, 0) is 25.4 Å². The molecule has 3 rings (SSSR count). The Labute approximate surface area is 161 Å². The lowest BCUT2D eigenvalue weighted by Crippen LogP contribution is -2.37. The number of hydrogen-bond donors (Lipinski definition) is 2. The van der Waals surface area contributed by atoms with Crippen molar-refractivity contribution in [3.05, 3.63) is 51.4 Å². The molecule has 0 saturated carbocycles. The van der Waals surface area contributed by atoms with Crippen molar-refractivity contribution in [2.75, 3.05) is 17.2 Å². The normalized spacial score (nSPS) is 11.0. The highest BCUT2D eigenvalue weighted by Gasteiger charge is 2.16. The fourth-order valence-corrected chi connectivity index (χ4v) is 3.01. The summed E-state index contributed by atoms with van der Waals surface area (Å²) in [6.07, 6.45) is 3.51. The number of rotatable bonds is 7. The van der Waals surface area contributed by atoms with Crippen LogP contribution in [-0.4, -0.2) is 31.1 Å². The molecule has 28 heavy (non-hydrogen) atoms. The Bertz CT molecular complexity index is 1120. The van der Waals surface area contributed by atoms with Crippen LogP contribution < -0.4 is 21.9 Å². The van der Waals surface area contributed by atoms with Crippen LogP contribution in [0.4, 0.5) is 11.4 Å². The summed E-state index contributed by atoms with van der Waals surface area (Å²) < 4.78 is 3.75. The van der Waals surface area contributed by atoms with Gasteiger partial charge in [0, 0.05) is 20.6 Å². The van der Waals surface area contributed by atoms with E-state index in [1.807, 2.05) is 24.3 Å². The first kappa shape index (κ1) is 19.4. The molecule has 0 fully saturated rings. The minimum Gasteiger partial charge on any atom is -0.383 e. The van der Waals surface area contributed by atoms with Crippen LogP contribution in [0.25, 0.3) is 11.2 Å². The highest BCUT2D eigenvalue weighted by Crippen LogP contribution is 2.21. The van der Waals surface area contributed by atoms with Gasteiger partial charge < -0.3 is 15.2 Å². The zero-order valence-electron chi connectivity index (χ0n) is 16.2. The number of anilines is 2. The van der Waals surface area contributed by atoms with Crippen molar-refractivity contribution >= 4 is 28.4 Å². The minimum atomic E-state index is -0.481. The third kappa shape index (κ3) is 3.68. The van der Waals surface area contributed by atoms with Gasteiger partial charge in [0.25, 0.3) is 5.56 Å². The van der Waals surface area contributed by atoms with E-state index < -0.39 is 11.2 Å². The summed E-state index contributed by atoms with van der Waals surface area (Å²) in [5, 5.41) is 6.19. The predicted molar refractivity (Wildman–Crippen MR) is 109 cm³/mol. The molecule has 0 bridgehead atoms. The number of aromatic nitrogens is 4. The molecular weight excluding hydrogens is 360 g/mol. The molecule has 0 unspecified atom stereocenters. The molecular formula is C19H24N6O3. The molecule has 0 aliphatic heterocycles. The van der Waals surface area contributed by atoms with E-state index in [1.54, 1.807) is 7.05 Å². The van der Waals surface area contributed by atoms with Gasteiger partial charge in [-0.2, -0.15) is 0 Å². The van der Waals surface area contributed by atoms with Crippen molar-refractivity contribution in [3.63, 3.8) is 0 Å². The van der Waals surface area contributed by atoms with Gasteiger partial charge in [-0.05, 0) is 18.6 Å². The maximum absolute atomic E-state index is 12.6. The number of benzene rings is 1. The smallest absolute Gasteiger partial charge is 0.332 e. The molecule has 9 heteroatoms. The molecule has 148 valence electrons. The Kier molecular flexibility index (Phi) is 5.62. The summed E-state index contributed by atoms with van der Waals surface area (Å²) in [6, 6.07) is 7.47. The van der Waals surface area contributed by atoms with E-state index >= 15 is 0 Å². The first-order valence-electron chi connectivity index (χ1n) is 9.17. The molecule has 0 atom stereocenters. The number of para-hydroxylation sites is 2. The average molecular weight is 384 g/mol. The van der Waals surface area contributed by atoms with Crippen LogP contribution in [0.15, 0.2) is 40.2 Å². The van der Waals surface area contributed by atoms with Crippen molar-refractivity contribution in [2.24, 2.45) is 14.1 Å². The molecule has 2 aromatic heterocycles. The SMILES string of the molecule is CCCCNc1ccccc1NC(=O)Cn1cnc2c1c(=O)n(C)c(=O)n2C. The Hall–Kier alpha value is -3.36. The van der Waals surface area contributed by atoms with Crippen molar-refractivity contribution in [1.29, 1.82) is 0 Å². The van der Waals surface area contributed by atoms with Crippen molar-refractivity contribution < 1.29 is 4.79 Å². The Balaban J connectivity index is 1.84. The zero-order chi connectivity index (χ0) is 20.3. The fourth-order valence-electron chi connectivity index (χ4n) is 3.01. The van der Waals surface area contributed by atoms with Crippen LogP contribution in [0.1, 0.15) is 19.8 Å². The lowest BCUT2D eigenvalue weighted by atomic mass is 10.2. The Morgan fingerprint density at radius 2 is 1.82 bits per heavy atom. The van der Waals surface area contributed by atoms with E-state index in [0.717, 1.165) is 29.6 Å². The maximum Gasteiger partial charge on any atom is 0.332 e. The lowest BCUT2D eigenvalue weighted by molar-refractivity contribution is -0.116. The first-order chi connectivity index (χ1) is 13.4. The van der Waals surface area contributed by atoms with Gasteiger partial charge in [0.15, 0.2) is 11.2 Å². The van der Waals surface area contributed by atoms with Gasteiger partial charge in [0.05, 0.1) is 17.7 Å². The van der Waals surface area contributed by atoms with Crippen LogP contribution in [0.3, 0.4) is 0 Å². The summed E-state index contributed by atoms with van der Waals surface area (Å²) in [7, 11) is 2.94. The van der Waals surface area contributed by atoms with Crippen molar-refractivity contribution in [3.8, 4) is 0 Å². The quantitative estimate of drug-likeness (QED) is 0.598. The predicted octanol–water partition coefficient (Wildman–Crippen LogP) is 1.28. The standard InChI is InChI=1S/C19H24N6O3/c1-4-5-10-20-13-8-6-7-9-14(13)22-15(26)11-25-12-21-17-16(25)18(27)24(3)19(28)23(17)2/h6-9,12,20H,4-5,10-11H2,1-3H3,(H,22,26). The summed E-state index contributed by atoms with van der Waals surface area (Å²) in [6.45, 7) is 2.84. The molecule has 0 spiro atoms. The van der Waals surface area contributed by atoms with Crippen LogP contribution in [0.5, 0.6) is 0 Å². The van der Waals surface area contributed by atoms with E-state index in [1.165, 1.54) is 22.5 Å². The average Bonchev–Trinajstić information content (AvgIpc) is 3.09. The molecule has 1 aromatic carbocycles. The molecule has 0 aliphatic carbocycles. The number of nitrogens with zero attached hydrogens (tertiary/aromatic N) is 4. The summed E-state index contributed by atoms with van der Waals surface area (Å²) in [5.41, 5.74) is 1.05. The number of imidazole rings is 1. The van der Waals surface area contributed by atoms with Gasteiger partial charge in [-0.3, -0.25) is 18.7 Å². The van der Waals surface area contributed by atoms with Gasteiger partial charge in [0.1, 0.15) is 6.54 Å². The van der Waals surface area contributed by atoms with Crippen LogP contribution in [0, 0.1) is 0 Å². The molecule has 1 amide bonds. The first-order valence-corrected chi connectivity index (χ1v) is 9.17. The molecule has 3 aromatic rings. The van der Waals surface area contributed by atoms with Gasteiger partial charge in [0.2, 0.25) is 5.91 Å². The number of unbranched alkanes of at least 4 members (excludes halogenated alkanes) is 1. The lowest BCUT2D eigenvalue weighted by Gasteiger charge is -2.13. The largest absolute Gasteiger partial charge is 0.383 e. The molecule has 2 heterocycles. The number of fused-ring (bicyclic) bond motifs is 1. The van der Waals surface area contributed by atoms with E-state index in [2.05, 4.69) is 22.5 Å². The highest BCUT2D eigenvalue weighted by molar-refractivity contribution is 5.94. The Morgan fingerprint density at radius 3 is 2.54 bits per heavy atom. The molecule has 9 nitrogen and oxygen atoms in total. The Morgan fingerprint density at radius 1 is 1.11 bits per heavy atom. The molecule has 0 aliphatic rings. The second-order valence-electron chi connectivity index (χ2n) is 6.62. The minimum absolute atomic E-state index is 0.0900. The van der Waals surface area contributed by atoms with E-state index in [0.29, 0.717) is 5.69 Å². The van der Waals surface area contributed by atoms with Crippen LogP contribution >= 0.6 is 0 Å². The molecule has 0 saturated heterocycles. The molecule has 2 N–H and O–H groups in total. The topological polar surface area (TPSA) is 103 Å². The van der Waals surface area contributed by atoms with Gasteiger partial charge in [-0.15, -0.1) is 0 Å². The van der Waals surface area contributed by atoms with E-state index in [-0.39, 0.29) is 23.6 Å². The fraction of sp³-hybridized carbons (Fsp3) is 0.368. The maximum atomic E-state index is 12.6. The monoisotopic (exact) mass is 384 g/mol. The van der Waals surface area contributed by atoms with Gasteiger partial charge in [-0.1, -0.05) is 25.5 Å². The van der Waals surface area contributed by atoms with Crippen molar-refractivity contribution in [2.45, 2.75) is 26.3 Å². The van der Waals surface area contributed by atoms with E-state index in [4.69, 9.17) is 0 Å². The third-order valence-corrected chi connectivity index (χ3v) is 4.58. The number of hydrogen-bond acceptors (Lipinski definition) is 5. The van der Waals surface area contributed by atoms with Crippen molar-refractivity contribution in [1.82, 2.24) is 18.7 Å². The van der Waals surface area contributed by atoms with Gasteiger partial charge >= 0.3 is 5.69 Å². The number of nitrogens with one attached hydrogen (secondary N) is 2. The number of carbonyl (C=O) groups is 1. The second-order valence-corrected chi connectivity index (χ2v) is 6.62. The molecule has 0 radical (unpaired) electrons. The van der Waals surface area contributed by atoms with Crippen LogP contribution in [0.2, 0.25) is 0 Å². The number of aryl methyl sites for hydroxylation is 1. The summed E-state index contributed by atoms with van der Waals surface area (Å²) >= 11 is 0. The third-order valence-electron chi connectivity index (χ3n) is 4.58. The highest BCUT2D eigenvalue weighted by atomic mass is 16.2. The zero-order valence-corrected chi connectivity index (χ0v) is 16.2. The number of amides is 1. The number of carbonyl (C=O) groups excluding carboxylic acids is 1. The summed E-state index contributed by atoms with van der Waals surface area (Å²) in [4.78, 5) is 41.2. The van der Waals surface area contributed by atoms with Gasteiger partial charge in [-0.25, -0.2) is 9.78 Å².